The Labute approximate surface area is 172 Å². The molecule has 1 fully saturated rings. The number of amides is 2. The Kier molecular flexibility index (Phi) is 6.29. The van der Waals surface area contributed by atoms with E-state index < -0.39 is 30.3 Å². The van der Waals surface area contributed by atoms with Crippen molar-refractivity contribution in [3.05, 3.63) is 70.2 Å². The number of hydrogen-bond acceptors (Lipinski definition) is 5. The monoisotopic (exact) mass is 414 g/mol. The molecule has 0 aliphatic carbocycles. The number of ether oxygens (including phenoxy) is 1. The molecule has 1 heterocycles. The second-order valence-electron chi connectivity index (χ2n) is 6.70. The maximum absolute atomic E-state index is 12.4. The van der Waals surface area contributed by atoms with Crippen LogP contribution in [0.15, 0.2) is 48.5 Å². The Hall–Kier alpha value is -3.19. The molecule has 3 rings (SSSR count). The van der Waals surface area contributed by atoms with E-state index in [1.54, 1.807) is 49.4 Å². The third-order valence-corrected chi connectivity index (χ3v) is 4.85. The number of benzene rings is 2. The van der Waals surface area contributed by atoms with Crippen LogP contribution in [0.1, 0.15) is 32.7 Å². The summed E-state index contributed by atoms with van der Waals surface area (Å²) in [5.74, 6) is -2.60. The molecule has 1 N–H and O–H groups in total. The van der Waals surface area contributed by atoms with Gasteiger partial charge in [0.15, 0.2) is 12.4 Å². The lowest BCUT2D eigenvalue weighted by molar-refractivity contribution is -0.147. The highest BCUT2D eigenvalue weighted by atomic mass is 35.5. The first-order chi connectivity index (χ1) is 13.8. The van der Waals surface area contributed by atoms with Crippen LogP contribution in [0.25, 0.3) is 0 Å². The average molecular weight is 415 g/mol. The van der Waals surface area contributed by atoms with Gasteiger partial charge in [0.25, 0.3) is 5.91 Å². The standard InChI is InChI=1S/C21H19ClN2O5/c1-13-4-2-3-5-17(13)20(27)23-24-11-15(10-19(24)26)21(28)29-12-18(25)14-6-8-16(22)9-7-14/h2-9,15H,10-12H2,1H3,(H,23,27). The molecule has 1 unspecified atom stereocenters. The predicted octanol–water partition coefficient (Wildman–Crippen LogP) is 2.57. The Morgan fingerprint density at radius 1 is 1.14 bits per heavy atom. The summed E-state index contributed by atoms with van der Waals surface area (Å²) in [6.07, 6.45) is -0.0952. The van der Waals surface area contributed by atoms with Crippen molar-refractivity contribution < 1.29 is 23.9 Å². The Balaban J connectivity index is 1.53. The first kappa shape index (κ1) is 20.5. The van der Waals surface area contributed by atoms with E-state index in [-0.39, 0.29) is 18.7 Å². The molecule has 2 aromatic carbocycles. The van der Waals surface area contributed by atoms with Gasteiger partial charge in [0.1, 0.15) is 0 Å². The lowest BCUT2D eigenvalue weighted by Gasteiger charge is -2.18. The summed E-state index contributed by atoms with van der Waals surface area (Å²) in [4.78, 5) is 48.9. The zero-order chi connectivity index (χ0) is 21.0. The summed E-state index contributed by atoms with van der Waals surface area (Å²) in [5.41, 5.74) is 4.11. The summed E-state index contributed by atoms with van der Waals surface area (Å²) >= 11 is 5.78. The van der Waals surface area contributed by atoms with E-state index >= 15 is 0 Å². The van der Waals surface area contributed by atoms with Crippen LogP contribution in [0.5, 0.6) is 0 Å². The van der Waals surface area contributed by atoms with Gasteiger partial charge in [-0.2, -0.15) is 0 Å². The van der Waals surface area contributed by atoms with E-state index in [1.165, 1.54) is 0 Å². The fourth-order valence-electron chi connectivity index (χ4n) is 2.96. The van der Waals surface area contributed by atoms with Crippen LogP contribution in [0.2, 0.25) is 5.02 Å². The molecule has 150 valence electrons. The van der Waals surface area contributed by atoms with Crippen LogP contribution >= 0.6 is 11.6 Å². The minimum absolute atomic E-state index is 0.00950. The molecule has 29 heavy (non-hydrogen) atoms. The number of hydrogen-bond donors (Lipinski definition) is 1. The summed E-state index contributed by atoms with van der Waals surface area (Å²) in [6, 6.07) is 13.2. The molecular formula is C21H19ClN2O5. The number of halogens is 1. The molecule has 0 aromatic heterocycles. The maximum atomic E-state index is 12.4. The number of nitrogens with one attached hydrogen (secondary N) is 1. The lowest BCUT2D eigenvalue weighted by atomic mass is 10.1. The summed E-state index contributed by atoms with van der Waals surface area (Å²) in [5, 5.41) is 1.61. The van der Waals surface area contributed by atoms with Crippen molar-refractivity contribution in [2.45, 2.75) is 13.3 Å². The number of nitrogens with zero attached hydrogens (tertiary/aromatic N) is 1. The number of Topliss-reactive ketones (excluding diaryl/α,β-unsaturated/α-hetero) is 1. The minimum atomic E-state index is -0.752. The molecule has 2 aromatic rings. The summed E-state index contributed by atoms with van der Waals surface area (Å²) in [7, 11) is 0. The van der Waals surface area contributed by atoms with Crippen molar-refractivity contribution in [3.63, 3.8) is 0 Å². The molecule has 1 aliphatic rings. The molecular weight excluding hydrogens is 396 g/mol. The van der Waals surface area contributed by atoms with Crippen LogP contribution < -0.4 is 5.43 Å². The van der Waals surface area contributed by atoms with Crippen molar-refractivity contribution in [1.82, 2.24) is 10.4 Å². The van der Waals surface area contributed by atoms with Gasteiger partial charge in [-0.25, -0.2) is 0 Å². The van der Waals surface area contributed by atoms with E-state index in [0.717, 1.165) is 10.6 Å². The zero-order valence-electron chi connectivity index (χ0n) is 15.7. The number of ketones is 1. The number of carbonyl (C=O) groups is 4. The van der Waals surface area contributed by atoms with Gasteiger partial charge in [-0.15, -0.1) is 0 Å². The topological polar surface area (TPSA) is 92.8 Å². The summed E-state index contributed by atoms with van der Waals surface area (Å²) in [6.45, 7) is 1.35. The van der Waals surface area contributed by atoms with E-state index in [2.05, 4.69) is 5.43 Å². The van der Waals surface area contributed by atoms with Gasteiger partial charge in [-0.1, -0.05) is 29.8 Å². The van der Waals surface area contributed by atoms with Crippen LogP contribution in [0, 0.1) is 12.8 Å². The molecule has 2 amide bonds. The largest absolute Gasteiger partial charge is 0.457 e. The first-order valence-electron chi connectivity index (χ1n) is 8.97. The minimum Gasteiger partial charge on any atom is -0.457 e. The Morgan fingerprint density at radius 3 is 2.52 bits per heavy atom. The third kappa shape index (κ3) is 5.00. The van der Waals surface area contributed by atoms with Crippen LogP contribution in [-0.2, 0) is 14.3 Å². The number of hydrazine groups is 1. The first-order valence-corrected chi connectivity index (χ1v) is 9.35. The lowest BCUT2D eigenvalue weighted by Crippen LogP contribution is -2.43. The fraction of sp³-hybridized carbons (Fsp3) is 0.238. The molecule has 0 bridgehead atoms. The highest BCUT2D eigenvalue weighted by Gasteiger charge is 2.36. The number of aryl methyl sites for hydroxylation is 1. The van der Waals surface area contributed by atoms with Gasteiger partial charge in [-0.3, -0.25) is 29.6 Å². The maximum Gasteiger partial charge on any atom is 0.311 e. The molecule has 0 radical (unpaired) electrons. The fourth-order valence-corrected chi connectivity index (χ4v) is 3.08. The average Bonchev–Trinajstić information content (AvgIpc) is 3.07. The van der Waals surface area contributed by atoms with E-state index in [1.807, 2.05) is 6.07 Å². The Morgan fingerprint density at radius 2 is 1.83 bits per heavy atom. The van der Waals surface area contributed by atoms with E-state index in [9.17, 15) is 19.2 Å². The van der Waals surface area contributed by atoms with Crippen molar-refractivity contribution in [2.75, 3.05) is 13.2 Å². The van der Waals surface area contributed by atoms with Gasteiger partial charge in [0.05, 0.1) is 12.5 Å². The highest BCUT2D eigenvalue weighted by Crippen LogP contribution is 2.19. The highest BCUT2D eigenvalue weighted by molar-refractivity contribution is 6.30. The third-order valence-electron chi connectivity index (χ3n) is 4.60. The van der Waals surface area contributed by atoms with Crippen molar-refractivity contribution in [2.24, 2.45) is 5.92 Å². The van der Waals surface area contributed by atoms with Gasteiger partial charge < -0.3 is 4.74 Å². The smallest absolute Gasteiger partial charge is 0.311 e. The predicted molar refractivity (Wildman–Crippen MR) is 105 cm³/mol. The van der Waals surface area contributed by atoms with E-state index in [0.29, 0.717) is 16.1 Å². The molecule has 7 nitrogen and oxygen atoms in total. The number of rotatable bonds is 6. The normalized spacial score (nSPS) is 15.9. The number of esters is 1. The van der Waals surface area contributed by atoms with Crippen molar-refractivity contribution in [1.29, 1.82) is 0 Å². The zero-order valence-corrected chi connectivity index (χ0v) is 16.4. The van der Waals surface area contributed by atoms with Crippen LogP contribution in [-0.4, -0.2) is 41.7 Å². The van der Waals surface area contributed by atoms with E-state index in [4.69, 9.17) is 16.3 Å². The van der Waals surface area contributed by atoms with Crippen molar-refractivity contribution in [3.8, 4) is 0 Å². The molecule has 1 aliphatic heterocycles. The number of carbonyl (C=O) groups excluding carboxylic acids is 4. The SMILES string of the molecule is Cc1ccccc1C(=O)NN1CC(C(=O)OCC(=O)c2ccc(Cl)cc2)CC1=O. The van der Waals surface area contributed by atoms with Gasteiger partial charge in [0, 0.05) is 22.6 Å². The molecule has 0 saturated carbocycles. The molecule has 1 atom stereocenters. The van der Waals surface area contributed by atoms with Gasteiger partial charge >= 0.3 is 5.97 Å². The van der Waals surface area contributed by atoms with Crippen molar-refractivity contribution >= 4 is 35.2 Å². The molecule has 1 saturated heterocycles. The Bertz CT molecular complexity index is 958. The molecule has 0 spiro atoms. The van der Waals surface area contributed by atoms with Gasteiger partial charge in [-0.05, 0) is 42.8 Å². The van der Waals surface area contributed by atoms with Crippen LogP contribution in [0.3, 0.4) is 0 Å². The second-order valence-corrected chi connectivity index (χ2v) is 7.14. The second kappa shape index (κ2) is 8.87. The van der Waals surface area contributed by atoms with Gasteiger partial charge in [0.2, 0.25) is 5.91 Å². The summed E-state index contributed by atoms with van der Waals surface area (Å²) < 4.78 is 5.06. The van der Waals surface area contributed by atoms with Crippen LogP contribution in [0.4, 0.5) is 0 Å². The quantitative estimate of drug-likeness (QED) is 0.579. The molecule has 8 heteroatoms.